The van der Waals surface area contributed by atoms with Gasteiger partial charge in [0.05, 0.1) is 0 Å². The summed E-state index contributed by atoms with van der Waals surface area (Å²) in [5.41, 5.74) is -3.47. The van der Waals surface area contributed by atoms with Crippen LogP contribution in [0, 0.1) is 11.3 Å². The summed E-state index contributed by atoms with van der Waals surface area (Å²) in [5.74, 6) is -0.526. The van der Waals surface area contributed by atoms with Crippen molar-refractivity contribution in [1.82, 2.24) is 0 Å². The van der Waals surface area contributed by atoms with E-state index in [1.54, 1.807) is 0 Å². The minimum atomic E-state index is -5.19. The van der Waals surface area contributed by atoms with Gasteiger partial charge in [-0.05, 0) is 18.8 Å². The van der Waals surface area contributed by atoms with E-state index in [1.807, 2.05) is 0 Å². The van der Waals surface area contributed by atoms with Crippen molar-refractivity contribution in [2.24, 2.45) is 11.3 Å². The average molecular weight is 234 g/mol. The Bertz CT molecular complexity index is 212. The van der Waals surface area contributed by atoms with Gasteiger partial charge in [0.25, 0.3) is 0 Å². The molecule has 1 rings (SSSR count). The van der Waals surface area contributed by atoms with Crippen molar-refractivity contribution in [2.75, 3.05) is 0 Å². The molecule has 0 amide bonds. The van der Waals surface area contributed by atoms with Crippen molar-refractivity contribution in [3.05, 3.63) is 0 Å². The minimum absolute atomic E-state index is 0.0137. The van der Waals surface area contributed by atoms with Crippen LogP contribution in [0.25, 0.3) is 0 Å². The second kappa shape index (κ2) is 3.56. The summed E-state index contributed by atoms with van der Waals surface area (Å²) in [6.07, 6.45) is -11.6. The molecular weight excluding hydrogens is 222 g/mol. The van der Waals surface area contributed by atoms with E-state index in [-0.39, 0.29) is 6.42 Å². The second-order valence-corrected chi connectivity index (χ2v) is 4.28. The van der Waals surface area contributed by atoms with E-state index in [2.05, 4.69) is 0 Å². The standard InChI is InChI=1S/C9H12F6/c1-6-3-2-4-7(5-6,8(10,11)12)9(13,14)15/h6H,2-5H2,1H3/t6-/m1/s1. The van der Waals surface area contributed by atoms with Crippen molar-refractivity contribution < 1.29 is 26.3 Å². The molecule has 1 fully saturated rings. The molecule has 0 radical (unpaired) electrons. The third kappa shape index (κ3) is 2.08. The Hall–Kier alpha value is -0.420. The zero-order chi connectivity index (χ0) is 11.9. The summed E-state index contributed by atoms with van der Waals surface area (Å²) >= 11 is 0. The van der Waals surface area contributed by atoms with Crippen molar-refractivity contribution in [3.63, 3.8) is 0 Å². The number of hydrogen-bond donors (Lipinski definition) is 0. The molecule has 1 saturated carbocycles. The largest absolute Gasteiger partial charge is 0.403 e. The SMILES string of the molecule is C[C@@H]1CCCC(C(F)(F)F)(C(F)(F)F)C1. The van der Waals surface area contributed by atoms with Crippen LogP contribution >= 0.6 is 0 Å². The molecule has 0 saturated heterocycles. The fourth-order valence-electron chi connectivity index (χ4n) is 2.23. The van der Waals surface area contributed by atoms with E-state index in [1.165, 1.54) is 6.92 Å². The maximum Gasteiger partial charge on any atom is 0.403 e. The van der Waals surface area contributed by atoms with Gasteiger partial charge in [-0.25, -0.2) is 0 Å². The maximum absolute atomic E-state index is 12.5. The minimum Gasteiger partial charge on any atom is -0.170 e. The van der Waals surface area contributed by atoms with E-state index in [9.17, 15) is 26.3 Å². The molecule has 0 aromatic heterocycles. The third-order valence-electron chi connectivity index (χ3n) is 3.08. The van der Waals surface area contributed by atoms with Crippen molar-refractivity contribution in [3.8, 4) is 0 Å². The van der Waals surface area contributed by atoms with E-state index in [4.69, 9.17) is 0 Å². The summed E-state index contributed by atoms with van der Waals surface area (Å²) in [4.78, 5) is 0. The number of alkyl halides is 6. The lowest BCUT2D eigenvalue weighted by Crippen LogP contribution is -2.52. The van der Waals surface area contributed by atoms with Gasteiger partial charge in [-0.1, -0.05) is 19.8 Å². The molecule has 0 heterocycles. The predicted molar refractivity (Wildman–Crippen MR) is 42.2 cm³/mol. The van der Waals surface area contributed by atoms with Crippen molar-refractivity contribution in [2.45, 2.75) is 45.0 Å². The first kappa shape index (κ1) is 12.6. The lowest BCUT2D eigenvalue weighted by atomic mass is 9.69. The third-order valence-corrected chi connectivity index (χ3v) is 3.08. The maximum atomic E-state index is 12.5. The van der Waals surface area contributed by atoms with Gasteiger partial charge in [0.1, 0.15) is 0 Å². The van der Waals surface area contributed by atoms with Gasteiger partial charge < -0.3 is 0 Å². The van der Waals surface area contributed by atoms with Gasteiger partial charge >= 0.3 is 12.4 Å². The highest BCUT2D eigenvalue weighted by molar-refractivity contribution is 4.96. The van der Waals surface area contributed by atoms with Gasteiger partial charge in [0.15, 0.2) is 5.41 Å². The molecule has 0 nitrogen and oxygen atoms in total. The molecule has 0 unspecified atom stereocenters. The van der Waals surface area contributed by atoms with Crippen LogP contribution in [-0.2, 0) is 0 Å². The summed E-state index contributed by atoms with van der Waals surface area (Å²) in [7, 11) is 0. The van der Waals surface area contributed by atoms with Crippen LogP contribution in [0.5, 0.6) is 0 Å². The van der Waals surface area contributed by atoms with E-state index in [0.29, 0.717) is 6.42 Å². The van der Waals surface area contributed by atoms with Crippen molar-refractivity contribution >= 4 is 0 Å². The van der Waals surface area contributed by atoms with Gasteiger partial charge in [-0.2, -0.15) is 26.3 Å². The molecule has 1 atom stereocenters. The van der Waals surface area contributed by atoms with Crippen molar-refractivity contribution in [1.29, 1.82) is 0 Å². The topological polar surface area (TPSA) is 0 Å². The fourth-order valence-corrected chi connectivity index (χ4v) is 2.23. The second-order valence-electron chi connectivity index (χ2n) is 4.28. The molecule has 1 aliphatic carbocycles. The summed E-state index contributed by atoms with van der Waals surface area (Å²) in [6, 6.07) is 0. The first-order valence-corrected chi connectivity index (χ1v) is 4.73. The quantitative estimate of drug-likeness (QED) is 0.548. The monoisotopic (exact) mass is 234 g/mol. The Morgan fingerprint density at radius 3 is 1.73 bits per heavy atom. The summed E-state index contributed by atoms with van der Waals surface area (Å²) < 4.78 is 75.3. The number of rotatable bonds is 0. The predicted octanol–water partition coefficient (Wildman–Crippen LogP) is 4.31. The van der Waals surface area contributed by atoms with Crippen LogP contribution in [-0.4, -0.2) is 12.4 Å². The van der Waals surface area contributed by atoms with Crippen LogP contribution < -0.4 is 0 Å². The lowest BCUT2D eigenvalue weighted by Gasteiger charge is -2.42. The number of halogens is 6. The van der Waals surface area contributed by atoms with E-state index < -0.39 is 36.5 Å². The average Bonchev–Trinajstić information content (AvgIpc) is 1.99. The molecule has 0 aliphatic heterocycles. The zero-order valence-electron chi connectivity index (χ0n) is 8.17. The molecule has 0 bridgehead atoms. The van der Waals surface area contributed by atoms with Crippen LogP contribution in [0.15, 0.2) is 0 Å². The normalized spacial score (nSPS) is 27.8. The molecule has 0 aromatic carbocycles. The first-order chi connectivity index (χ1) is 6.60. The highest BCUT2D eigenvalue weighted by atomic mass is 19.4. The van der Waals surface area contributed by atoms with E-state index >= 15 is 0 Å². The summed E-state index contributed by atoms with van der Waals surface area (Å²) in [5, 5.41) is 0. The molecule has 1 aliphatic rings. The molecular formula is C9H12F6. The highest BCUT2D eigenvalue weighted by Gasteiger charge is 2.70. The Kier molecular flexibility index (Phi) is 3.00. The number of hydrogen-bond acceptors (Lipinski definition) is 0. The Labute approximate surface area is 83.6 Å². The van der Waals surface area contributed by atoms with Crippen LogP contribution in [0.4, 0.5) is 26.3 Å². The molecule has 0 aromatic rings. The first-order valence-electron chi connectivity index (χ1n) is 4.73. The Balaban J connectivity index is 3.07. The molecule has 0 N–H and O–H groups in total. The molecule has 15 heavy (non-hydrogen) atoms. The van der Waals surface area contributed by atoms with Crippen LogP contribution in [0.1, 0.15) is 32.6 Å². The molecule has 0 spiro atoms. The summed E-state index contributed by atoms with van der Waals surface area (Å²) in [6.45, 7) is 1.44. The van der Waals surface area contributed by atoms with Gasteiger partial charge in [-0.15, -0.1) is 0 Å². The lowest BCUT2D eigenvalue weighted by molar-refractivity contribution is -0.352. The molecule has 6 heteroatoms. The van der Waals surface area contributed by atoms with Gasteiger partial charge in [0.2, 0.25) is 0 Å². The highest BCUT2D eigenvalue weighted by Crippen LogP contribution is 2.59. The zero-order valence-corrected chi connectivity index (χ0v) is 8.17. The van der Waals surface area contributed by atoms with Crippen LogP contribution in [0.2, 0.25) is 0 Å². The molecule has 90 valence electrons. The Morgan fingerprint density at radius 1 is 1.00 bits per heavy atom. The van der Waals surface area contributed by atoms with E-state index in [0.717, 1.165) is 0 Å². The van der Waals surface area contributed by atoms with Crippen LogP contribution in [0.3, 0.4) is 0 Å². The smallest absolute Gasteiger partial charge is 0.170 e. The Morgan fingerprint density at radius 2 is 1.47 bits per heavy atom. The fraction of sp³-hybridized carbons (Fsp3) is 1.00. The van der Waals surface area contributed by atoms with Gasteiger partial charge in [-0.3, -0.25) is 0 Å². The van der Waals surface area contributed by atoms with Gasteiger partial charge in [0, 0.05) is 0 Å².